The highest BCUT2D eigenvalue weighted by Crippen LogP contribution is 2.37. The van der Waals surface area contributed by atoms with Crippen LogP contribution in [0.3, 0.4) is 0 Å². The first-order valence-corrected chi connectivity index (χ1v) is 17.3. The quantitative estimate of drug-likeness (QED) is 0.140. The molecule has 0 spiro atoms. The number of pyridine rings is 1. The third-order valence-electron chi connectivity index (χ3n) is 8.94. The summed E-state index contributed by atoms with van der Waals surface area (Å²) in [5.74, 6) is -2.19. The zero-order chi connectivity index (χ0) is 37.6. The molecule has 0 saturated carbocycles. The average Bonchev–Trinajstić information content (AvgIpc) is 3.09. The number of likely N-dealkylation sites (N-methyl/N-ethyl adjacent to an activating group) is 1. The summed E-state index contributed by atoms with van der Waals surface area (Å²) in [7, 11) is 3.01. The van der Waals surface area contributed by atoms with Crippen LogP contribution < -0.4 is 14.4 Å². The minimum atomic E-state index is -4.96. The highest BCUT2D eigenvalue weighted by atomic mass is 32.2. The van der Waals surface area contributed by atoms with Crippen molar-refractivity contribution in [2.45, 2.75) is 48.8 Å². The molecule has 0 bridgehead atoms. The number of aliphatic imine (C=N–C) groups is 2. The van der Waals surface area contributed by atoms with E-state index in [1.165, 1.54) is 51.8 Å². The van der Waals surface area contributed by atoms with Crippen LogP contribution in [0, 0.1) is 11.6 Å². The van der Waals surface area contributed by atoms with Gasteiger partial charge in [-0.3, -0.25) is 4.99 Å². The number of rotatable bonds is 14. The molecule has 1 unspecified atom stereocenters. The summed E-state index contributed by atoms with van der Waals surface area (Å²) in [6.07, 6.45) is -0.141. The van der Waals surface area contributed by atoms with Crippen molar-refractivity contribution >= 4 is 28.6 Å². The van der Waals surface area contributed by atoms with Crippen molar-refractivity contribution in [1.82, 2.24) is 14.2 Å². The maximum Gasteiger partial charge on any atom is 0.433 e. The van der Waals surface area contributed by atoms with E-state index in [-0.39, 0.29) is 35.9 Å². The molecular formula is C35H41F5N6O4S. The topological polar surface area (TPSA) is 99.9 Å². The van der Waals surface area contributed by atoms with Crippen LogP contribution in [0.5, 0.6) is 11.5 Å². The minimum absolute atomic E-state index is 0.117. The van der Waals surface area contributed by atoms with Crippen molar-refractivity contribution in [2.75, 3.05) is 53.4 Å². The average molecular weight is 737 g/mol. The molecule has 2 heterocycles. The Morgan fingerprint density at radius 2 is 1.80 bits per heavy atom. The first kappa shape index (κ1) is 39.2. The predicted octanol–water partition coefficient (Wildman–Crippen LogP) is 6.36. The Bertz CT molecular complexity index is 1860. The van der Waals surface area contributed by atoms with Gasteiger partial charge in [0.15, 0.2) is 4.90 Å². The number of methoxy groups -OCH3 is 2. The number of piperidine rings is 1. The van der Waals surface area contributed by atoms with E-state index in [1.807, 2.05) is 19.0 Å². The molecule has 51 heavy (non-hydrogen) atoms. The van der Waals surface area contributed by atoms with Gasteiger partial charge in [0.1, 0.15) is 34.6 Å². The Morgan fingerprint density at radius 1 is 1.10 bits per heavy atom. The standard InChI is InChI=1S/C35H41F5N6O4S/c1-41-17-14-32(42-2)46(22-24-11-12-27(49-5)21-30(24)50-6)51(47,48)33-28(36)19-26(20-29(33)37)45-18-8-15-34(23-45,44(3)4)16-13-25-9-7-10-31(43-25)35(38,39)40/h7,9-12,14,17,19-21H,2,8,13,15-16,18,22-23H2,1,3-6H3/b32-14+,41-17-. The van der Waals surface area contributed by atoms with Crippen LogP contribution in [-0.2, 0) is 29.2 Å². The van der Waals surface area contributed by atoms with Gasteiger partial charge >= 0.3 is 6.18 Å². The fourth-order valence-electron chi connectivity index (χ4n) is 6.13. The Hall–Kier alpha value is -4.57. The van der Waals surface area contributed by atoms with E-state index in [2.05, 4.69) is 21.7 Å². The highest BCUT2D eigenvalue weighted by Gasteiger charge is 2.39. The Balaban J connectivity index is 1.69. The number of aryl methyl sites for hydroxylation is 1. The van der Waals surface area contributed by atoms with Gasteiger partial charge in [-0.25, -0.2) is 31.5 Å². The molecule has 16 heteroatoms. The Morgan fingerprint density at radius 3 is 2.39 bits per heavy atom. The second kappa shape index (κ2) is 16.2. The molecule has 4 rings (SSSR count). The van der Waals surface area contributed by atoms with Crippen molar-refractivity contribution in [3.8, 4) is 11.5 Å². The maximum absolute atomic E-state index is 16.1. The molecule has 0 amide bonds. The normalized spacial score (nSPS) is 17.2. The number of halogens is 5. The summed E-state index contributed by atoms with van der Waals surface area (Å²) in [6.45, 7) is 3.71. The van der Waals surface area contributed by atoms with E-state index in [0.29, 0.717) is 41.4 Å². The summed E-state index contributed by atoms with van der Waals surface area (Å²) in [5, 5.41) is 0. The molecule has 276 valence electrons. The second-order valence-corrected chi connectivity index (χ2v) is 14.0. The van der Waals surface area contributed by atoms with Gasteiger partial charge < -0.3 is 19.3 Å². The summed E-state index contributed by atoms with van der Waals surface area (Å²) in [5.41, 5.74) is -0.825. The van der Waals surface area contributed by atoms with Crippen molar-refractivity contribution < 1.29 is 39.8 Å². The van der Waals surface area contributed by atoms with Gasteiger partial charge in [-0.2, -0.15) is 13.2 Å². The number of hydrogen-bond acceptors (Lipinski definition) is 9. The van der Waals surface area contributed by atoms with E-state index in [1.54, 1.807) is 17.0 Å². The fraction of sp³-hybridized carbons (Fsp3) is 0.400. The lowest BCUT2D eigenvalue weighted by Crippen LogP contribution is -2.56. The first-order valence-electron chi connectivity index (χ1n) is 15.9. The molecule has 1 aliphatic rings. The number of anilines is 1. The lowest BCUT2D eigenvalue weighted by molar-refractivity contribution is -0.141. The van der Waals surface area contributed by atoms with Crippen LogP contribution in [0.4, 0.5) is 27.6 Å². The molecule has 3 aromatic rings. The second-order valence-electron chi connectivity index (χ2n) is 12.2. The van der Waals surface area contributed by atoms with Crippen LogP contribution in [0.15, 0.2) is 75.3 Å². The molecule has 1 fully saturated rings. The third kappa shape index (κ3) is 8.84. The monoisotopic (exact) mass is 736 g/mol. The molecular weight excluding hydrogens is 695 g/mol. The fourth-order valence-corrected chi connectivity index (χ4v) is 7.64. The number of ether oxygens (including phenoxy) is 2. The van der Waals surface area contributed by atoms with E-state index in [4.69, 9.17) is 9.47 Å². The lowest BCUT2D eigenvalue weighted by Gasteiger charge is -2.48. The van der Waals surface area contributed by atoms with Crippen LogP contribution in [0.1, 0.15) is 36.2 Å². The van der Waals surface area contributed by atoms with E-state index in [0.717, 1.165) is 18.2 Å². The van der Waals surface area contributed by atoms with Crippen LogP contribution in [-0.4, -0.2) is 89.5 Å². The third-order valence-corrected chi connectivity index (χ3v) is 10.7. The number of nitrogens with zero attached hydrogens (tertiary/aromatic N) is 6. The zero-order valence-electron chi connectivity index (χ0n) is 29.0. The Labute approximate surface area is 295 Å². The molecule has 0 N–H and O–H groups in total. The summed E-state index contributed by atoms with van der Waals surface area (Å²) in [6, 6.07) is 10.4. The van der Waals surface area contributed by atoms with Crippen LogP contribution >= 0.6 is 0 Å². The van der Waals surface area contributed by atoms with Crippen molar-refractivity contribution in [3.05, 3.63) is 89.0 Å². The SMILES string of the molecule is C=N/C(=C\C=N/C)N(Cc1ccc(OC)cc1OC)S(=O)(=O)c1c(F)cc(N2CCCC(CCc3cccc(C(F)(F)F)n3)(N(C)C)C2)cc1F. The van der Waals surface area contributed by atoms with Crippen LogP contribution in [0.2, 0.25) is 0 Å². The van der Waals surface area contributed by atoms with E-state index < -0.39 is 50.5 Å². The minimum Gasteiger partial charge on any atom is -0.497 e. The van der Waals surface area contributed by atoms with Crippen molar-refractivity contribution in [2.24, 2.45) is 9.98 Å². The molecule has 0 aliphatic carbocycles. The predicted molar refractivity (Wildman–Crippen MR) is 186 cm³/mol. The molecule has 10 nitrogen and oxygen atoms in total. The largest absolute Gasteiger partial charge is 0.497 e. The highest BCUT2D eigenvalue weighted by molar-refractivity contribution is 7.89. The van der Waals surface area contributed by atoms with Gasteiger partial charge in [0, 0.05) is 54.9 Å². The molecule has 1 saturated heterocycles. The first-order chi connectivity index (χ1) is 24.1. The van der Waals surface area contributed by atoms with Gasteiger partial charge in [-0.05, 0) is 89.0 Å². The number of benzene rings is 2. The zero-order valence-corrected chi connectivity index (χ0v) is 29.9. The van der Waals surface area contributed by atoms with Crippen molar-refractivity contribution in [3.63, 3.8) is 0 Å². The lowest BCUT2D eigenvalue weighted by atomic mass is 9.82. The number of alkyl halides is 3. The molecule has 1 aliphatic heterocycles. The maximum atomic E-state index is 16.1. The van der Waals surface area contributed by atoms with Crippen molar-refractivity contribution in [1.29, 1.82) is 0 Å². The molecule has 0 radical (unpaired) electrons. The number of sulfonamides is 1. The Kier molecular flexibility index (Phi) is 12.4. The summed E-state index contributed by atoms with van der Waals surface area (Å²) in [4.78, 5) is 14.0. The van der Waals surface area contributed by atoms with E-state index in [9.17, 15) is 21.6 Å². The number of aromatic nitrogens is 1. The van der Waals surface area contributed by atoms with Gasteiger partial charge in [-0.1, -0.05) is 6.07 Å². The number of allylic oxidation sites excluding steroid dienone is 1. The molecule has 2 aromatic carbocycles. The van der Waals surface area contributed by atoms with Crippen LogP contribution in [0.25, 0.3) is 0 Å². The summed E-state index contributed by atoms with van der Waals surface area (Å²) < 4.78 is 112. The smallest absolute Gasteiger partial charge is 0.433 e. The molecule has 1 atom stereocenters. The summed E-state index contributed by atoms with van der Waals surface area (Å²) >= 11 is 0. The van der Waals surface area contributed by atoms with Gasteiger partial charge in [0.25, 0.3) is 10.0 Å². The van der Waals surface area contributed by atoms with Gasteiger partial charge in [-0.15, -0.1) is 0 Å². The molecule has 1 aromatic heterocycles. The van der Waals surface area contributed by atoms with Gasteiger partial charge in [0.05, 0.1) is 20.8 Å². The van der Waals surface area contributed by atoms with Gasteiger partial charge in [0.2, 0.25) is 0 Å². The number of hydrogen-bond donors (Lipinski definition) is 0. The van der Waals surface area contributed by atoms with E-state index >= 15 is 8.78 Å².